The van der Waals surface area contributed by atoms with Crippen molar-refractivity contribution in [3.05, 3.63) is 83.9 Å². The van der Waals surface area contributed by atoms with Crippen LogP contribution in [0.2, 0.25) is 0 Å². The van der Waals surface area contributed by atoms with Crippen LogP contribution in [0.4, 0.5) is 16.2 Å². The first kappa shape index (κ1) is 30.1. The van der Waals surface area contributed by atoms with Gasteiger partial charge in [0.2, 0.25) is 20.0 Å². The second-order valence-corrected chi connectivity index (χ2v) is 12.8. The molecule has 0 saturated carbocycles. The van der Waals surface area contributed by atoms with Gasteiger partial charge in [-0.25, -0.2) is 31.5 Å². The lowest BCUT2D eigenvalue weighted by atomic mass is 10.1. The second kappa shape index (κ2) is 12.8. The van der Waals surface area contributed by atoms with Crippen molar-refractivity contribution in [2.75, 3.05) is 43.4 Å². The number of nitrogens with one attached hydrogen (secondary N) is 4. The normalized spacial score (nSPS) is 14.4. The predicted molar refractivity (Wildman–Crippen MR) is 158 cm³/mol. The number of nitrogens with two attached hydrogens (primary N) is 1. The average Bonchev–Trinajstić information content (AvgIpc) is 2.96. The van der Waals surface area contributed by atoms with E-state index < -0.39 is 26.1 Å². The molecule has 4 rings (SSSR count). The predicted octanol–water partition coefficient (Wildman–Crippen LogP) is 2.42. The van der Waals surface area contributed by atoms with Crippen LogP contribution in [-0.4, -0.2) is 71.2 Å². The first-order chi connectivity index (χ1) is 19.4. The molecule has 0 unspecified atom stereocenters. The zero-order chi connectivity index (χ0) is 29.6. The highest BCUT2D eigenvalue weighted by atomic mass is 32.2. The number of urea groups is 1. The molecule has 12 nitrogen and oxygen atoms in total. The van der Waals surface area contributed by atoms with Gasteiger partial charge < -0.3 is 20.4 Å². The van der Waals surface area contributed by atoms with E-state index in [4.69, 9.17) is 10.5 Å². The molecule has 1 aliphatic rings. The lowest BCUT2D eigenvalue weighted by Crippen LogP contribution is -2.48. The van der Waals surface area contributed by atoms with Crippen LogP contribution in [0.15, 0.2) is 82.6 Å². The third-order valence-electron chi connectivity index (χ3n) is 6.67. The number of likely N-dealkylation sites (N-methyl/N-ethyl adjacent to an activating group) is 1. The first-order valence-corrected chi connectivity index (χ1v) is 15.9. The number of hydrogen-bond acceptors (Lipinski definition) is 7. The summed E-state index contributed by atoms with van der Waals surface area (Å²) >= 11 is 0. The molecule has 3 aromatic rings. The number of carbonyl (C=O) groups excluding carboxylic acids is 1. The van der Waals surface area contributed by atoms with E-state index in [1.165, 1.54) is 48.5 Å². The van der Waals surface area contributed by atoms with E-state index in [1.807, 2.05) is 11.0 Å². The molecule has 1 heterocycles. The fourth-order valence-corrected chi connectivity index (χ4v) is 5.82. The van der Waals surface area contributed by atoms with Crippen LogP contribution in [-0.2, 0) is 26.6 Å². The highest BCUT2D eigenvalue weighted by molar-refractivity contribution is 7.89. The maximum Gasteiger partial charge on any atom is 0.323 e. The number of nitrogens with zero attached hydrogens (tertiary/aromatic N) is 2. The minimum atomic E-state index is -3.87. The molecule has 1 aliphatic heterocycles. The number of rotatable bonds is 9. The highest BCUT2D eigenvalue weighted by Crippen LogP contribution is 2.18. The molecule has 41 heavy (non-hydrogen) atoms. The molecule has 0 atom stereocenters. The summed E-state index contributed by atoms with van der Waals surface area (Å²) in [7, 11) is -7.70. The van der Waals surface area contributed by atoms with Gasteiger partial charge in [0.25, 0.3) is 0 Å². The van der Waals surface area contributed by atoms with Crippen molar-refractivity contribution in [2.45, 2.75) is 23.3 Å². The van der Waals surface area contributed by atoms with Gasteiger partial charge in [0.1, 0.15) is 5.84 Å². The summed E-state index contributed by atoms with van der Waals surface area (Å²) in [5, 5.41) is 19.1. The molecule has 1 fully saturated rings. The van der Waals surface area contributed by atoms with Gasteiger partial charge in [-0.3, -0.25) is 5.41 Å². The number of piperazine rings is 1. The maximum absolute atomic E-state index is 12.7. The Kier molecular flexibility index (Phi) is 9.40. The van der Waals surface area contributed by atoms with Crippen LogP contribution in [0, 0.1) is 5.41 Å². The van der Waals surface area contributed by atoms with E-state index >= 15 is 0 Å². The van der Waals surface area contributed by atoms with E-state index in [0.29, 0.717) is 28.3 Å². The third kappa shape index (κ3) is 8.11. The molecule has 0 aromatic heterocycles. The van der Waals surface area contributed by atoms with Gasteiger partial charge in [0, 0.05) is 49.7 Å². The summed E-state index contributed by atoms with van der Waals surface area (Å²) in [6.45, 7) is 6.44. The molecule has 14 heteroatoms. The molecular formula is C27H33N7O5S2. The fourth-order valence-electron chi connectivity index (χ4n) is 4.28. The number of anilines is 2. The minimum Gasteiger partial charge on any atom is -0.354 e. The van der Waals surface area contributed by atoms with E-state index in [9.17, 15) is 21.6 Å². The molecule has 3 aromatic carbocycles. The average molecular weight is 600 g/mol. The highest BCUT2D eigenvalue weighted by Gasteiger charge is 2.19. The lowest BCUT2D eigenvalue weighted by molar-refractivity contribution is 0.189. The smallest absolute Gasteiger partial charge is 0.323 e. The quantitative estimate of drug-likeness (QED) is 0.185. The third-order valence-corrected chi connectivity index (χ3v) is 9.02. The largest absolute Gasteiger partial charge is 0.354 e. The zero-order valence-corrected chi connectivity index (χ0v) is 24.1. The van der Waals surface area contributed by atoms with Crippen molar-refractivity contribution in [1.29, 1.82) is 5.41 Å². The van der Waals surface area contributed by atoms with Crippen molar-refractivity contribution in [3.63, 3.8) is 0 Å². The standard InChI is InChI=1S/C27H33N7O5S2/c1-2-33-14-16-34(17-15-33)26(28)21-4-3-5-23(18-21)32-27(35)31-22-8-12-25(13-9-22)41(38,39)30-19-20-6-10-24(11-7-20)40(29,36)37/h3-13,18,28,30H,2,14-17,19H2,1H3,(H2,29,36,37)(H2,31,32,35). The van der Waals surface area contributed by atoms with Crippen molar-refractivity contribution >= 4 is 43.3 Å². The van der Waals surface area contributed by atoms with Crippen LogP contribution in [0.1, 0.15) is 18.1 Å². The first-order valence-electron chi connectivity index (χ1n) is 12.9. The summed E-state index contributed by atoms with van der Waals surface area (Å²) < 4.78 is 50.6. The second-order valence-electron chi connectivity index (χ2n) is 9.47. The Morgan fingerprint density at radius 2 is 1.46 bits per heavy atom. The van der Waals surface area contributed by atoms with Crippen molar-refractivity contribution in [1.82, 2.24) is 14.5 Å². The molecule has 6 N–H and O–H groups in total. The lowest BCUT2D eigenvalue weighted by Gasteiger charge is -2.35. The Balaban J connectivity index is 1.31. The van der Waals surface area contributed by atoms with Crippen molar-refractivity contribution in [3.8, 4) is 0 Å². The number of carbonyl (C=O) groups is 1. The molecule has 0 radical (unpaired) electrons. The summed E-state index contributed by atoms with van der Waals surface area (Å²) in [6.07, 6.45) is 0. The van der Waals surface area contributed by atoms with Gasteiger partial charge in [-0.1, -0.05) is 31.2 Å². The molecule has 0 spiro atoms. The topological polar surface area (TPSA) is 178 Å². The van der Waals surface area contributed by atoms with E-state index in [1.54, 1.807) is 18.2 Å². The zero-order valence-electron chi connectivity index (χ0n) is 22.5. The van der Waals surface area contributed by atoms with Gasteiger partial charge in [-0.2, -0.15) is 0 Å². The Morgan fingerprint density at radius 3 is 2.07 bits per heavy atom. The Hall–Kier alpha value is -3.82. The summed E-state index contributed by atoms with van der Waals surface area (Å²) in [6, 6.07) is 17.8. The van der Waals surface area contributed by atoms with E-state index in [2.05, 4.69) is 27.2 Å². The van der Waals surface area contributed by atoms with Gasteiger partial charge in [-0.05, 0) is 60.6 Å². The van der Waals surface area contributed by atoms with Gasteiger partial charge >= 0.3 is 6.03 Å². The number of hydrogen-bond donors (Lipinski definition) is 5. The SMILES string of the molecule is CCN1CCN(C(=N)c2cccc(NC(=O)Nc3ccc(S(=O)(=O)NCc4ccc(S(N)(=O)=O)cc4)cc3)c2)CC1. The van der Waals surface area contributed by atoms with Gasteiger partial charge in [0.15, 0.2) is 0 Å². The number of sulfonamides is 2. The summed E-state index contributed by atoms with van der Waals surface area (Å²) in [4.78, 5) is 16.9. The van der Waals surface area contributed by atoms with Crippen molar-refractivity contribution < 1.29 is 21.6 Å². The number of benzene rings is 3. The number of amidine groups is 1. The Morgan fingerprint density at radius 1 is 0.854 bits per heavy atom. The van der Waals surface area contributed by atoms with Crippen LogP contribution in [0.3, 0.4) is 0 Å². The van der Waals surface area contributed by atoms with Crippen LogP contribution in [0.25, 0.3) is 0 Å². The van der Waals surface area contributed by atoms with Crippen LogP contribution < -0.4 is 20.5 Å². The van der Waals surface area contributed by atoms with Gasteiger partial charge in [0.05, 0.1) is 9.79 Å². The molecule has 1 saturated heterocycles. The van der Waals surface area contributed by atoms with Crippen LogP contribution in [0.5, 0.6) is 0 Å². The minimum absolute atomic E-state index is 0.00408. The van der Waals surface area contributed by atoms with E-state index in [-0.39, 0.29) is 16.3 Å². The molecule has 218 valence electrons. The van der Waals surface area contributed by atoms with Crippen LogP contribution >= 0.6 is 0 Å². The molecule has 2 amide bonds. The van der Waals surface area contributed by atoms with E-state index in [0.717, 1.165) is 32.7 Å². The Bertz CT molecular complexity index is 1600. The number of primary sulfonamides is 1. The van der Waals surface area contributed by atoms with Gasteiger partial charge in [-0.15, -0.1) is 0 Å². The van der Waals surface area contributed by atoms with Crippen molar-refractivity contribution in [2.24, 2.45) is 5.14 Å². The number of amides is 2. The molecule has 0 aliphatic carbocycles. The molecular weight excluding hydrogens is 566 g/mol. The fraction of sp³-hybridized carbons (Fsp3) is 0.259. The Labute approximate surface area is 240 Å². The monoisotopic (exact) mass is 599 g/mol. The summed E-state index contributed by atoms with van der Waals surface area (Å²) in [5.74, 6) is 0.413. The summed E-state index contributed by atoms with van der Waals surface area (Å²) in [5.41, 5.74) is 2.17. The molecule has 0 bridgehead atoms. The maximum atomic E-state index is 12.7.